The van der Waals surface area contributed by atoms with Gasteiger partial charge in [-0.25, -0.2) is 5.43 Å². The standard InChI is InChI=1S/C16H19BrN4O2/c17-12-3-1-11(2-4-12)16(10-18)7-15(19)21(20-16)13-5-6-14(8-22)23-9-13/h1-4,7,13-14,20,22H,5-6,8-9,19H2. The number of aliphatic hydroxyl groups is 1. The molecule has 0 spiro atoms. The van der Waals surface area contributed by atoms with E-state index in [2.05, 4.69) is 27.4 Å². The summed E-state index contributed by atoms with van der Waals surface area (Å²) in [5, 5.41) is 20.7. The Morgan fingerprint density at radius 1 is 1.43 bits per heavy atom. The van der Waals surface area contributed by atoms with Crippen LogP contribution in [0.2, 0.25) is 0 Å². The summed E-state index contributed by atoms with van der Waals surface area (Å²) in [6.07, 6.45) is 3.25. The van der Waals surface area contributed by atoms with Crippen LogP contribution in [-0.2, 0) is 10.3 Å². The summed E-state index contributed by atoms with van der Waals surface area (Å²) in [5.74, 6) is 0.519. The largest absolute Gasteiger partial charge is 0.394 e. The summed E-state index contributed by atoms with van der Waals surface area (Å²) < 4.78 is 6.58. The van der Waals surface area contributed by atoms with E-state index in [-0.39, 0.29) is 18.8 Å². The van der Waals surface area contributed by atoms with E-state index in [0.29, 0.717) is 12.4 Å². The normalized spacial score (nSPS) is 30.8. The maximum absolute atomic E-state index is 9.74. The number of rotatable bonds is 3. The van der Waals surface area contributed by atoms with Crippen molar-refractivity contribution in [2.75, 3.05) is 13.2 Å². The average molecular weight is 379 g/mol. The molecule has 3 rings (SSSR count). The highest BCUT2D eigenvalue weighted by Gasteiger charge is 2.41. The summed E-state index contributed by atoms with van der Waals surface area (Å²) in [7, 11) is 0. The average Bonchev–Trinajstić information content (AvgIpc) is 2.93. The van der Waals surface area contributed by atoms with Crippen LogP contribution in [0.3, 0.4) is 0 Å². The number of nitrogens with one attached hydrogen (secondary N) is 1. The van der Waals surface area contributed by atoms with E-state index in [9.17, 15) is 5.26 Å². The zero-order valence-electron chi connectivity index (χ0n) is 12.6. The first-order chi connectivity index (χ1) is 11.1. The molecule has 0 radical (unpaired) electrons. The lowest BCUT2D eigenvalue weighted by molar-refractivity contribution is -0.0608. The van der Waals surface area contributed by atoms with Gasteiger partial charge in [-0.05, 0) is 36.6 Å². The topological polar surface area (TPSA) is 94.5 Å². The van der Waals surface area contributed by atoms with Crippen molar-refractivity contribution >= 4 is 15.9 Å². The van der Waals surface area contributed by atoms with Crippen LogP contribution >= 0.6 is 15.9 Å². The second-order valence-electron chi connectivity index (χ2n) is 5.85. The molecule has 0 aromatic heterocycles. The van der Waals surface area contributed by atoms with E-state index in [0.717, 1.165) is 22.9 Å². The van der Waals surface area contributed by atoms with Gasteiger partial charge in [0.05, 0.1) is 31.4 Å². The highest BCUT2D eigenvalue weighted by Crippen LogP contribution is 2.32. The molecule has 1 aromatic rings. The fourth-order valence-electron chi connectivity index (χ4n) is 3.00. The molecule has 2 heterocycles. The molecule has 1 aromatic carbocycles. The Morgan fingerprint density at radius 3 is 2.74 bits per heavy atom. The zero-order chi connectivity index (χ0) is 16.4. The van der Waals surface area contributed by atoms with Gasteiger partial charge >= 0.3 is 0 Å². The maximum atomic E-state index is 9.74. The van der Waals surface area contributed by atoms with Crippen LogP contribution in [0.1, 0.15) is 18.4 Å². The molecule has 6 nitrogen and oxygen atoms in total. The van der Waals surface area contributed by atoms with Crippen LogP contribution < -0.4 is 11.2 Å². The van der Waals surface area contributed by atoms with Crippen molar-refractivity contribution in [1.29, 1.82) is 5.26 Å². The Hall–Kier alpha value is -1.59. The minimum absolute atomic E-state index is 0.0342. The Balaban J connectivity index is 1.79. The summed E-state index contributed by atoms with van der Waals surface area (Å²) in [6, 6.07) is 9.96. The minimum atomic E-state index is -0.974. The summed E-state index contributed by atoms with van der Waals surface area (Å²) in [5.41, 5.74) is 9.25. The summed E-state index contributed by atoms with van der Waals surface area (Å²) in [4.78, 5) is 0. The zero-order valence-corrected chi connectivity index (χ0v) is 14.2. The van der Waals surface area contributed by atoms with E-state index in [4.69, 9.17) is 15.6 Å². The molecule has 0 bridgehead atoms. The second kappa shape index (κ2) is 6.49. The molecular weight excluding hydrogens is 360 g/mol. The smallest absolute Gasteiger partial charge is 0.171 e. The molecule has 0 saturated carbocycles. The third-order valence-electron chi connectivity index (χ3n) is 4.33. The van der Waals surface area contributed by atoms with Gasteiger partial charge in [-0.3, -0.25) is 5.01 Å². The number of hydrogen-bond donors (Lipinski definition) is 3. The number of hydrogen-bond acceptors (Lipinski definition) is 6. The fourth-order valence-corrected chi connectivity index (χ4v) is 3.27. The number of nitriles is 1. The number of benzene rings is 1. The van der Waals surface area contributed by atoms with Crippen LogP contribution in [0, 0.1) is 11.3 Å². The third kappa shape index (κ3) is 3.08. The molecule has 2 aliphatic rings. The summed E-state index contributed by atoms with van der Waals surface area (Å²) >= 11 is 3.40. The highest BCUT2D eigenvalue weighted by atomic mass is 79.9. The van der Waals surface area contributed by atoms with E-state index in [1.54, 1.807) is 6.08 Å². The maximum Gasteiger partial charge on any atom is 0.171 e. The molecule has 2 aliphatic heterocycles. The lowest BCUT2D eigenvalue weighted by Gasteiger charge is -2.37. The summed E-state index contributed by atoms with van der Waals surface area (Å²) in [6.45, 7) is 0.501. The lowest BCUT2D eigenvalue weighted by Crippen LogP contribution is -2.53. The van der Waals surface area contributed by atoms with Gasteiger partial charge in [-0.1, -0.05) is 28.1 Å². The molecule has 122 valence electrons. The van der Waals surface area contributed by atoms with Crippen molar-refractivity contribution in [3.05, 3.63) is 46.2 Å². The van der Waals surface area contributed by atoms with Crippen molar-refractivity contribution in [3.63, 3.8) is 0 Å². The number of nitrogens with zero attached hydrogens (tertiary/aromatic N) is 2. The second-order valence-corrected chi connectivity index (χ2v) is 6.76. The van der Waals surface area contributed by atoms with Crippen molar-refractivity contribution in [2.24, 2.45) is 5.73 Å². The Kier molecular flexibility index (Phi) is 4.60. The third-order valence-corrected chi connectivity index (χ3v) is 4.86. The molecule has 0 amide bonds. The number of aliphatic hydroxyl groups excluding tert-OH is 1. The van der Waals surface area contributed by atoms with Gasteiger partial charge in [-0.15, -0.1) is 0 Å². The molecule has 23 heavy (non-hydrogen) atoms. The number of hydrazine groups is 1. The minimum Gasteiger partial charge on any atom is -0.394 e. The first-order valence-corrected chi connectivity index (χ1v) is 8.32. The molecular formula is C16H19BrN4O2. The quantitative estimate of drug-likeness (QED) is 0.734. The predicted octanol–water partition coefficient (Wildman–Crippen LogP) is 1.33. The predicted molar refractivity (Wildman–Crippen MR) is 88.5 cm³/mol. The monoisotopic (exact) mass is 378 g/mol. The highest BCUT2D eigenvalue weighted by molar-refractivity contribution is 9.10. The molecule has 3 atom stereocenters. The lowest BCUT2D eigenvalue weighted by atomic mass is 9.93. The fraction of sp³-hybridized carbons (Fsp3) is 0.438. The molecule has 0 aliphatic carbocycles. The first kappa shape index (κ1) is 16.3. The van der Waals surface area contributed by atoms with Gasteiger partial charge in [0, 0.05) is 4.47 Å². The molecule has 3 unspecified atom stereocenters. The van der Waals surface area contributed by atoms with Crippen LogP contribution in [0.15, 0.2) is 40.6 Å². The van der Waals surface area contributed by atoms with Crippen molar-refractivity contribution in [2.45, 2.75) is 30.5 Å². The van der Waals surface area contributed by atoms with Gasteiger partial charge in [-0.2, -0.15) is 5.26 Å². The number of nitrogens with two attached hydrogens (primary N) is 1. The van der Waals surface area contributed by atoms with Crippen molar-refractivity contribution < 1.29 is 9.84 Å². The number of ether oxygens (including phenoxy) is 1. The van der Waals surface area contributed by atoms with E-state index in [1.165, 1.54) is 0 Å². The van der Waals surface area contributed by atoms with E-state index < -0.39 is 5.54 Å². The van der Waals surface area contributed by atoms with Crippen LogP contribution in [0.4, 0.5) is 0 Å². The van der Waals surface area contributed by atoms with Gasteiger partial charge in [0.2, 0.25) is 0 Å². The van der Waals surface area contributed by atoms with E-state index in [1.807, 2.05) is 29.3 Å². The molecule has 4 N–H and O–H groups in total. The van der Waals surface area contributed by atoms with Crippen molar-refractivity contribution in [1.82, 2.24) is 10.4 Å². The van der Waals surface area contributed by atoms with Gasteiger partial charge in [0.25, 0.3) is 0 Å². The van der Waals surface area contributed by atoms with E-state index >= 15 is 0 Å². The molecule has 7 heteroatoms. The molecule has 1 fully saturated rings. The SMILES string of the molecule is N#CC1(c2ccc(Br)cc2)C=C(N)N(C2CCC(CO)OC2)N1. The van der Waals surface area contributed by atoms with Gasteiger partial charge in [0.1, 0.15) is 5.82 Å². The van der Waals surface area contributed by atoms with Crippen LogP contribution in [-0.4, -0.2) is 35.5 Å². The Bertz CT molecular complexity index is 634. The Labute approximate surface area is 143 Å². The first-order valence-electron chi connectivity index (χ1n) is 7.53. The van der Waals surface area contributed by atoms with Crippen LogP contribution in [0.25, 0.3) is 0 Å². The molecule has 1 saturated heterocycles. The van der Waals surface area contributed by atoms with Crippen molar-refractivity contribution in [3.8, 4) is 6.07 Å². The number of halogens is 1. The Morgan fingerprint density at radius 2 is 2.17 bits per heavy atom. The van der Waals surface area contributed by atoms with Gasteiger partial charge in [0.15, 0.2) is 5.54 Å². The van der Waals surface area contributed by atoms with Gasteiger partial charge < -0.3 is 15.6 Å². The van der Waals surface area contributed by atoms with Crippen LogP contribution in [0.5, 0.6) is 0 Å².